The maximum Gasteiger partial charge on any atom is 0.329 e. The van der Waals surface area contributed by atoms with Gasteiger partial charge in [-0.05, 0) is 56.3 Å². The van der Waals surface area contributed by atoms with Gasteiger partial charge in [-0.3, -0.25) is 9.59 Å². The van der Waals surface area contributed by atoms with Crippen LogP contribution in [0.2, 0.25) is 5.02 Å². The molecule has 32 heavy (non-hydrogen) atoms. The van der Waals surface area contributed by atoms with Gasteiger partial charge in [0.1, 0.15) is 11.5 Å². The van der Waals surface area contributed by atoms with E-state index in [-0.39, 0.29) is 0 Å². The first kappa shape index (κ1) is 22.9. The molecule has 0 bridgehead atoms. The fourth-order valence-corrected chi connectivity index (χ4v) is 3.32. The number of benzene rings is 2. The Hall–Kier alpha value is -3.78. The lowest BCUT2D eigenvalue weighted by Gasteiger charge is -2.11. The van der Waals surface area contributed by atoms with Crippen molar-refractivity contribution in [2.24, 2.45) is 5.10 Å². The smallest absolute Gasteiger partial charge is 0.329 e. The number of carbonyl (C=O) groups is 2. The number of hydrogen-bond donors (Lipinski definition) is 2. The Morgan fingerprint density at radius 1 is 1.00 bits per heavy atom. The van der Waals surface area contributed by atoms with Gasteiger partial charge in [-0.25, -0.2) is 5.43 Å². The first-order valence-corrected chi connectivity index (χ1v) is 10.0. The number of halogens is 1. The first-order valence-electron chi connectivity index (χ1n) is 9.65. The molecule has 0 saturated heterocycles. The number of amides is 2. The Morgan fingerprint density at radius 3 is 2.38 bits per heavy atom. The second-order valence-electron chi connectivity index (χ2n) is 6.86. The third-order valence-electron chi connectivity index (χ3n) is 4.79. The van der Waals surface area contributed by atoms with E-state index in [9.17, 15) is 9.59 Å². The van der Waals surface area contributed by atoms with Gasteiger partial charge in [0.25, 0.3) is 0 Å². The van der Waals surface area contributed by atoms with Crippen molar-refractivity contribution in [1.82, 2.24) is 9.99 Å². The van der Waals surface area contributed by atoms with E-state index in [0.717, 1.165) is 22.6 Å². The Labute approximate surface area is 190 Å². The lowest BCUT2D eigenvalue weighted by molar-refractivity contribution is -0.136. The van der Waals surface area contributed by atoms with Crippen molar-refractivity contribution in [2.75, 3.05) is 19.5 Å². The molecule has 2 aromatic carbocycles. The van der Waals surface area contributed by atoms with Crippen molar-refractivity contribution < 1.29 is 19.1 Å². The molecule has 1 heterocycles. The fourth-order valence-electron chi connectivity index (χ4n) is 3.20. The molecule has 1 aromatic heterocycles. The Morgan fingerprint density at radius 2 is 1.72 bits per heavy atom. The van der Waals surface area contributed by atoms with Crippen LogP contribution in [0.3, 0.4) is 0 Å². The van der Waals surface area contributed by atoms with Crippen LogP contribution in [-0.4, -0.2) is 36.8 Å². The lowest BCUT2D eigenvalue weighted by atomic mass is 10.2. The van der Waals surface area contributed by atoms with Gasteiger partial charge < -0.3 is 19.4 Å². The lowest BCUT2D eigenvalue weighted by Crippen LogP contribution is -2.32. The second kappa shape index (κ2) is 10.0. The normalized spacial score (nSPS) is 10.8. The number of hydrogen-bond acceptors (Lipinski definition) is 5. The van der Waals surface area contributed by atoms with Gasteiger partial charge in [-0.1, -0.05) is 11.6 Å². The van der Waals surface area contributed by atoms with Crippen molar-refractivity contribution in [3.63, 3.8) is 0 Å². The summed E-state index contributed by atoms with van der Waals surface area (Å²) in [6.45, 7) is 3.90. The Balaban J connectivity index is 1.67. The van der Waals surface area contributed by atoms with E-state index in [1.807, 2.05) is 48.7 Å². The molecule has 0 unspecified atom stereocenters. The molecule has 166 valence electrons. The maximum atomic E-state index is 12.2. The van der Waals surface area contributed by atoms with E-state index in [1.165, 1.54) is 20.4 Å². The molecule has 2 N–H and O–H groups in total. The highest BCUT2D eigenvalue weighted by molar-refractivity contribution is 6.39. The highest BCUT2D eigenvalue weighted by Crippen LogP contribution is 2.29. The summed E-state index contributed by atoms with van der Waals surface area (Å²) in [5.74, 6) is -0.864. The van der Waals surface area contributed by atoms with E-state index < -0.39 is 11.8 Å². The maximum absolute atomic E-state index is 12.2. The van der Waals surface area contributed by atoms with E-state index in [1.54, 1.807) is 18.2 Å². The van der Waals surface area contributed by atoms with E-state index in [4.69, 9.17) is 21.1 Å². The largest absolute Gasteiger partial charge is 0.497 e. The van der Waals surface area contributed by atoms with Gasteiger partial charge in [0.15, 0.2) is 0 Å². The zero-order valence-corrected chi connectivity index (χ0v) is 18.9. The molecule has 0 aliphatic heterocycles. The van der Waals surface area contributed by atoms with Crippen LogP contribution in [0.5, 0.6) is 11.5 Å². The summed E-state index contributed by atoms with van der Waals surface area (Å²) in [5, 5.41) is 7.08. The van der Waals surface area contributed by atoms with Crippen LogP contribution < -0.4 is 20.2 Å². The SMILES string of the molecule is COc1ccc(NC(=O)C(=O)N/N=C\c2cc(C)n(-c3ccc(Cl)cc3)c2C)c(OC)c1. The average molecular weight is 455 g/mol. The second-order valence-corrected chi connectivity index (χ2v) is 7.29. The molecule has 0 atom stereocenters. The van der Waals surface area contributed by atoms with Crippen molar-refractivity contribution in [3.05, 3.63) is 70.5 Å². The number of anilines is 1. The molecular formula is C23H23ClN4O4. The van der Waals surface area contributed by atoms with Crippen molar-refractivity contribution in [1.29, 1.82) is 0 Å². The monoisotopic (exact) mass is 454 g/mol. The molecule has 0 radical (unpaired) electrons. The van der Waals surface area contributed by atoms with Crippen molar-refractivity contribution in [3.8, 4) is 17.2 Å². The summed E-state index contributed by atoms with van der Waals surface area (Å²) in [5.41, 5.74) is 6.25. The molecule has 8 nitrogen and oxygen atoms in total. The molecule has 0 spiro atoms. The number of ether oxygens (including phenoxy) is 2. The first-order chi connectivity index (χ1) is 15.3. The molecule has 3 aromatic rings. The Kier molecular flexibility index (Phi) is 7.17. The summed E-state index contributed by atoms with van der Waals surface area (Å²) < 4.78 is 12.4. The van der Waals surface area contributed by atoms with E-state index >= 15 is 0 Å². The van der Waals surface area contributed by atoms with E-state index in [2.05, 4.69) is 15.8 Å². The van der Waals surface area contributed by atoms with Gasteiger partial charge in [-0.15, -0.1) is 0 Å². The number of nitrogens with zero attached hydrogens (tertiary/aromatic N) is 2. The van der Waals surface area contributed by atoms with Crippen molar-refractivity contribution in [2.45, 2.75) is 13.8 Å². The van der Waals surface area contributed by atoms with Crippen LogP contribution in [0, 0.1) is 13.8 Å². The average Bonchev–Trinajstić information content (AvgIpc) is 3.07. The number of nitrogens with one attached hydrogen (secondary N) is 2. The molecule has 2 amide bonds. The standard InChI is InChI=1S/C23H23ClN4O4/c1-14-11-16(15(2)28(14)18-7-5-17(24)6-8-18)13-25-27-23(30)22(29)26-20-10-9-19(31-3)12-21(20)32-4/h5-13H,1-4H3,(H,26,29)(H,27,30)/b25-13-. The van der Waals surface area contributed by atoms with E-state index in [0.29, 0.717) is 22.2 Å². The van der Waals surface area contributed by atoms with Crippen LogP contribution in [0.25, 0.3) is 5.69 Å². The van der Waals surface area contributed by atoms with Crippen LogP contribution in [0.1, 0.15) is 17.0 Å². The van der Waals surface area contributed by atoms with Gasteiger partial charge in [0, 0.05) is 33.7 Å². The zero-order chi connectivity index (χ0) is 23.3. The summed E-state index contributed by atoms with van der Waals surface area (Å²) >= 11 is 5.97. The van der Waals surface area contributed by atoms with Gasteiger partial charge in [0.05, 0.1) is 26.1 Å². The Bertz CT molecular complexity index is 1170. The van der Waals surface area contributed by atoms with Crippen LogP contribution in [0.4, 0.5) is 5.69 Å². The predicted molar refractivity (Wildman–Crippen MR) is 124 cm³/mol. The molecular weight excluding hydrogens is 432 g/mol. The van der Waals surface area contributed by atoms with Crippen LogP contribution in [0.15, 0.2) is 53.6 Å². The molecule has 0 saturated carbocycles. The van der Waals surface area contributed by atoms with Gasteiger partial charge in [-0.2, -0.15) is 5.10 Å². The fraction of sp³-hybridized carbons (Fsp3) is 0.174. The number of hydrazone groups is 1. The number of methoxy groups -OCH3 is 2. The summed E-state index contributed by atoms with van der Waals surface area (Å²) in [7, 11) is 2.97. The summed E-state index contributed by atoms with van der Waals surface area (Å²) in [4.78, 5) is 24.4. The zero-order valence-electron chi connectivity index (χ0n) is 18.1. The third kappa shape index (κ3) is 5.09. The molecule has 0 fully saturated rings. The third-order valence-corrected chi connectivity index (χ3v) is 5.04. The minimum absolute atomic E-state index is 0.337. The summed E-state index contributed by atoms with van der Waals surface area (Å²) in [6, 6.07) is 14.2. The number of carbonyl (C=O) groups excluding carboxylic acids is 2. The van der Waals surface area contributed by atoms with Gasteiger partial charge in [0.2, 0.25) is 0 Å². The quantitative estimate of drug-likeness (QED) is 0.336. The minimum Gasteiger partial charge on any atom is -0.497 e. The highest BCUT2D eigenvalue weighted by Gasteiger charge is 2.16. The van der Waals surface area contributed by atoms with Crippen molar-refractivity contribution >= 4 is 35.3 Å². The predicted octanol–water partition coefficient (Wildman–Crippen LogP) is 3.85. The molecule has 9 heteroatoms. The van der Waals surface area contributed by atoms with Crippen LogP contribution >= 0.6 is 11.6 Å². The number of rotatable bonds is 6. The van der Waals surface area contributed by atoms with Gasteiger partial charge >= 0.3 is 11.8 Å². The highest BCUT2D eigenvalue weighted by atomic mass is 35.5. The molecule has 3 rings (SSSR count). The van der Waals surface area contributed by atoms with Crippen LogP contribution in [-0.2, 0) is 9.59 Å². The number of aryl methyl sites for hydroxylation is 1. The molecule has 0 aliphatic rings. The minimum atomic E-state index is -0.911. The number of aromatic nitrogens is 1. The summed E-state index contributed by atoms with van der Waals surface area (Å²) in [6.07, 6.45) is 1.49. The molecule has 0 aliphatic carbocycles. The topological polar surface area (TPSA) is 94.0 Å².